The highest BCUT2D eigenvalue weighted by molar-refractivity contribution is 5.91. The van der Waals surface area contributed by atoms with Gasteiger partial charge in [-0.2, -0.15) is 0 Å². The first-order valence-corrected chi connectivity index (χ1v) is 8.22. The molecule has 4 rings (SSSR count). The number of fused-ring (bicyclic) bond motifs is 1. The number of carbonyl (C=O) groups is 1. The molecule has 130 valence electrons. The molecule has 0 aliphatic heterocycles. The topological polar surface area (TPSA) is 69.3 Å². The van der Waals surface area contributed by atoms with Crippen molar-refractivity contribution in [1.29, 1.82) is 0 Å². The Hall–Kier alpha value is -3.54. The molecule has 1 amide bonds. The molecule has 4 aromatic rings. The Labute approximate surface area is 150 Å². The number of amides is 1. The van der Waals surface area contributed by atoms with E-state index in [1.165, 1.54) is 0 Å². The Kier molecular flexibility index (Phi) is 4.15. The van der Waals surface area contributed by atoms with Crippen LogP contribution in [0.5, 0.6) is 11.7 Å². The van der Waals surface area contributed by atoms with Crippen molar-refractivity contribution < 1.29 is 13.9 Å². The first kappa shape index (κ1) is 16.0. The molecule has 0 saturated carbocycles. The van der Waals surface area contributed by atoms with E-state index < -0.39 is 0 Å². The van der Waals surface area contributed by atoms with Gasteiger partial charge in [-0.25, -0.2) is 4.98 Å². The Balaban J connectivity index is 1.42. The monoisotopic (exact) mass is 347 g/mol. The molecule has 2 aromatic heterocycles. The number of imidazole rings is 1. The predicted octanol–water partition coefficient (Wildman–Crippen LogP) is 3.89. The van der Waals surface area contributed by atoms with Crippen molar-refractivity contribution in [3.05, 3.63) is 78.3 Å². The van der Waals surface area contributed by atoms with E-state index in [0.717, 1.165) is 16.9 Å². The van der Waals surface area contributed by atoms with E-state index in [1.807, 2.05) is 66.2 Å². The van der Waals surface area contributed by atoms with Crippen molar-refractivity contribution >= 4 is 16.9 Å². The second kappa shape index (κ2) is 6.76. The van der Waals surface area contributed by atoms with Gasteiger partial charge in [0.25, 0.3) is 11.9 Å². The van der Waals surface area contributed by atoms with Crippen LogP contribution < -0.4 is 10.1 Å². The third-order valence-corrected chi connectivity index (χ3v) is 4.05. The number of hydrogen-bond donors (Lipinski definition) is 1. The average Bonchev–Trinajstić information content (AvgIpc) is 3.26. The quantitative estimate of drug-likeness (QED) is 0.595. The van der Waals surface area contributed by atoms with Crippen molar-refractivity contribution in [1.82, 2.24) is 14.9 Å². The zero-order chi connectivity index (χ0) is 17.9. The fourth-order valence-electron chi connectivity index (χ4n) is 2.70. The summed E-state index contributed by atoms with van der Waals surface area (Å²) in [6, 6.07) is 20.3. The molecule has 0 aliphatic carbocycles. The van der Waals surface area contributed by atoms with Crippen LogP contribution in [0.25, 0.3) is 11.0 Å². The number of hydrogen-bond acceptors (Lipinski definition) is 4. The molecule has 6 nitrogen and oxygen atoms in total. The summed E-state index contributed by atoms with van der Waals surface area (Å²) >= 11 is 0. The molecule has 1 N–H and O–H groups in total. The van der Waals surface area contributed by atoms with Crippen LogP contribution in [0.4, 0.5) is 0 Å². The highest BCUT2D eigenvalue weighted by atomic mass is 16.6. The van der Waals surface area contributed by atoms with Gasteiger partial charge in [0.15, 0.2) is 5.76 Å². The van der Waals surface area contributed by atoms with Gasteiger partial charge < -0.3 is 19.0 Å². The molecule has 0 spiro atoms. The Morgan fingerprint density at radius 3 is 2.65 bits per heavy atom. The molecule has 0 unspecified atom stereocenters. The first-order valence-electron chi connectivity index (χ1n) is 8.22. The van der Waals surface area contributed by atoms with Gasteiger partial charge in [0.2, 0.25) is 0 Å². The molecule has 0 atom stereocenters. The maximum atomic E-state index is 12.3. The van der Waals surface area contributed by atoms with E-state index in [-0.39, 0.29) is 17.6 Å². The third-order valence-electron chi connectivity index (χ3n) is 4.05. The van der Waals surface area contributed by atoms with E-state index in [9.17, 15) is 4.79 Å². The molecular formula is C20H17N3O3. The smallest absolute Gasteiger partial charge is 0.290 e. The zero-order valence-corrected chi connectivity index (χ0v) is 14.2. The second-order valence-corrected chi connectivity index (χ2v) is 5.79. The molecule has 2 heterocycles. The number of ether oxygens (including phenoxy) is 1. The van der Waals surface area contributed by atoms with Crippen molar-refractivity contribution in [2.75, 3.05) is 0 Å². The number of rotatable bonds is 5. The fourth-order valence-corrected chi connectivity index (χ4v) is 2.70. The van der Waals surface area contributed by atoms with Gasteiger partial charge in [0.1, 0.15) is 11.6 Å². The van der Waals surface area contributed by atoms with Crippen LogP contribution in [0, 0.1) is 0 Å². The molecule has 6 heteroatoms. The van der Waals surface area contributed by atoms with Crippen LogP contribution in [0.1, 0.15) is 16.4 Å². The van der Waals surface area contributed by atoms with Crippen LogP contribution in [0.3, 0.4) is 0 Å². The molecule has 0 saturated heterocycles. The van der Waals surface area contributed by atoms with E-state index in [1.54, 1.807) is 12.1 Å². The molecule has 26 heavy (non-hydrogen) atoms. The normalized spacial score (nSPS) is 10.8. The highest BCUT2D eigenvalue weighted by Crippen LogP contribution is 2.23. The van der Waals surface area contributed by atoms with Crippen LogP contribution >= 0.6 is 0 Å². The maximum Gasteiger partial charge on any atom is 0.290 e. The van der Waals surface area contributed by atoms with Crippen molar-refractivity contribution in [3.8, 4) is 11.7 Å². The molecule has 0 bridgehead atoms. The minimum Gasteiger partial charge on any atom is -0.426 e. The van der Waals surface area contributed by atoms with Gasteiger partial charge in [-0.3, -0.25) is 4.79 Å². The Morgan fingerprint density at radius 1 is 1.08 bits per heavy atom. The number of benzene rings is 2. The summed E-state index contributed by atoms with van der Waals surface area (Å²) in [4.78, 5) is 16.8. The lowest BCUT2D eigenvalue weighted by Crippen LogP contribution is -2.23. The fraction of sp³-hybridized carbons (Fsp3) is 0.100. The summed E-state index contributed by atoms with van der Waals surface area (Å²) in [5, 5.41) is 2.82. The molecule has 0 radical (unpaired) electrons. The van der Waals surface area contributed by atoms with E-state index >= 15 is 0 Å². The first-order chi connectivity index (χ1) is 12.7. The van der Waals surface area contributed by atoms with Gasteiger partial charge in [-0.05, 0) is 30.3 Å². The van der Waals surface area contributed by atoms with Gasteiger partial charge in [0.05, 0.1) is 17.6 Å². The second-order valence-electron chi connectivity index (χ2n) is 5.79. The Morgan fingerprint density at radius 2 is 1.85 bits per heavy atom. The molecular weight excluding hydrogens is 330 g/mol. The van der Waals surface area contributed by atoms with Gasteiger partial charge in [-0.15, -0.1) is 0 Å². The third kappa shape index (κ3) is 3.17. The minimum atomic E-state index is -0.319. The number of nitrogens with zero attached hydrogens (tertiary/aromatic N) is 2. The number of aryl methyl sites for hydroxylation is 1. The maximum absolute atomic E-state index is 12.3. The van der Waals surface area contributed by atoms with Crippen LogP contribution in [-0.2, 0) is 13.6 Å². The van der Waals surface area contributed by atoms with E-state index in [0.29, 0.717) is 12.3 Å². The molecule has 0 fully saturated rings. The number of aromatic nitrogens is 2. The molecule has 2 aromatic carbocycles. The average molecular weight is 347 g/mol. The van der Waals surface area contributed by atoms with Crippen molar-refractivity contribution in [2.24, 2.45) is 7.05 Å². The number of nitrogens with one attached hydrogen (secondary N) is 1. The number of furan rings is 1. The van der Waals surface area contributed by atoms with Crippen LogP contribution in [-0.4, -0.2) is 15.5 Å². The van der Waals surface area contributed by atoms with Gasteiger partial charge in [0, 0.05) is 13.1 Å². The van der Waals surface area contributed by atoms with Gasteiger partial charge >= 0.3 is 0 Å². The highest BCUT2D eigenvalue weighted by Gasteiger charge is 2.14. The van der Waals surface area contributed by atoms with Gasteiger partial charge in [-0.1, -0.05) is 30.3 Å². The standard InChI is InChI=1S/C20H17N3O3/c1-23-16-10-6-5-9-15(16)22-18(23)13-21-20(24)17-11-12-19(26-17)25-14-7-3-2-4-8-14/h2-12H,13H2,1H3,(H,21,24). The van der Waals surface area contributed by atoms with E-state index in [4.69, 9.17) is 9.15 Å². The summed E-state index contributed by atoms with van der Waals surface area (Å²) in [7, 11) is 1.93. The number of carbonyl (C=O) groups excluding carboxylic acids is 1. The number of para-hydroxylation sites is 3. The Bertz CT molecular complexity index is 1050. The summed E-state index contributed by atoms with van der Waals surface area (Å²) in [6.45, 7) is 0.305. The summed E-state index contributed by atoms with van der Waals surface area (Å²) in [6.07, 6.45) is 0. The largest absolute Gasteiger partial charge is 0.426 e. The van der Waals surface area contributed by atoms with Crippen LogP contribution in [0.2, 0.25) is 0 Å². The lowest BCUT2D eigenvalue weighted by atomic mass is 10.3. The lowest BCUT2D eigenvalue weighted by Gasteiger charge is -2.04. The van der Waals surface area contributed by atoms with Crippen LogP contribution in [0.15, 0.2) is 71.1 Å². The zero-order valence-electron chi connectivity index (χ0n) is 14.2. The summed E-state index contributed by atoms with van der Waals surface area (Å²) in [5.74, 6) is 1.55. The summed E-state index contributed by atoms with van der Waals surface area (Å²) in [5.41, 5.74) is 1.92. The summed E-state index contributed by atoms with van der Waals surface area (Å²) < 4.78 is 13.0. The van der Waals surface area contributed by atoms with Crippen molar-refractivity contribution in [3.63, 3.8) is 0 Å². The SMILES string of the molecule is Cn1c(CNC(=O)c2ccc(Oc3ccccc3)o2)nc2ccccc21. The minimum absolute atomic E-state index is 0.190. The van der Waals surface area contributed by atoms with E-state index in [2.05, 4.69) is 10.3 Å². The van der Waals surface area contributed by atoms with Crippen molar-refractivity contribution in [2.45, 2.75) is 6.54 Å². The predicted molar refractivity (Wildman–Crippen MR) is 97.1 cm³/mol. The lowest BCUT2D eigenvalue weighted by molar-refractivity contribution is 0.0917. The molecule has 0 aliphatic rings.